The van der Waals surface area contributed by atoms with Crippen LogP contribution in [0.15, 0.2) is 0 Å². The zero-order valence-electron chi connectivity index (χ0n) is 16.9. The number of nitrogens with two attached hydrogens (primary N) is 1. The Balaban J connectivity index is 0.000000292. The number of rotatable bonds is 9. The van der Waals surface area contributed by atoms with E-state index in [4.69, 9.17) is 30.5 Å². The van der Waals surface area contributed by atoms with E-state index in [0.29, 0.717) is 0 Å². The maximum atomic E-state index is 11.6. The first-order chi connectivity index (χ1) is 13.0. The Hall–Kier alpha value is -1.30. The van der Waals surface area contributed by atoms with Crippen LogP contribution in [0.3, 0.4) is 0 Å². The minimum Gasteiger partial charge on any atom is -0.462 e. The highest BCUT2D eigenvalue weighted by atomic mass is 16.6. The number of nitrogens with zero attached hydrogens (tertiary/aromatic N) is 1. The van der Waals surface area contributed by atoms with Gasteiger partial charge in [-0.3, -0.25) is 14.5 Å². The fourth-order valence-corrected chi connectivity index (χ4v) is 2.72. The highest BCUT2D eigenvalue weighted by Gasteiger charge is 2.54. The van der Waals surface area contributed by atoms with Gasteiger partial charge in [-0.1, -0.05) is 6.92 Å². The molecule has 2 rings (SSSR count). The van der Waals surface area contributed by atoms with Gasteiger partial charge in [0.15, 0.2) is 0 Å². The quantitative estimate of drug-likeness (QED) is 0.213. The van der Waals surface area contributed by atoms with Gasteiger partial charge >= 0.3 is 11.9 Å². The van der Waals surface area contributed by atoms with Crippen LogP contribution in [0.2, 0.25) is 0 Å². The molecule has 6 N–H and O–H groups in total. The van der Waals surface area contributed by atoms with Crippen LogP contribution in [-0.4, -0.2) is 99.6 Å². The van der Waals surface area contributed by atoms with Crippen molar-refractivity contribution in [3.8, 4) is 0 Å². The highest BCUT2D eigenvalue weighted by Crippen LogP contribution is 2.46. The molecule has 5 unspecified atom stereocenters. The molecule has 10 heteroatoms. The lowest BCUT2D eigenvalue weighted by Crippen LogP contribution is -2.42. The molecule has 0 radical (unpaired) electrons. The minimum atomic E-state index is -1.06. The van der Waals surface area contributed by atoms with E-state index in [-0.39, 0.29) is 25.2 Å². The van der Waals surface area contributed by atoms with Crippen molar-refractivity contribution in [3.63, 3.8) is 0 Å². The van der Waals surface area contributed by atoms with E-state index < -0.39 is 48.4 Å². The molecular weight excluding hydrogens is 372 g/mol. The van der Waals surface area contributed by atoms with Crippen LogP contribution in [0.5, 0.6) is 0 Å². The predicted molar refractivity (Wildman–Crippen MR) is 99.0 cm³/mol. The van der Waals surface area contributed by atoms with Crippen LogP contribution in [0, 0.1) is 5.92 Å². The Labute approximate surface area is 165 Å². The SMILES string of the molecule is CC1CC1(CO)OC(=O)[C@H](C)N.CC1CN1[C@H](C(=O)OCC(O)CO)[C@@H](C)O. The van der Waals surface area contributed by atoms with Gasteiger partial charge in [-0.15, -0.1) is 0 Å². The molecule has 0 bridgehead atoms. The van der Waals surface area contributed by atoms with Gasteiger partial charge in [0.05, 0.1) is 19.3 Å². The maximum absolute atomic E-state index is 11.6. The van der Waals surface area contributed by atoms with E-state index in [1.165, 1.54) is 6.92 Å². The summed E-state index contributed by atoms with van der Waals surface area (Å²) >= 11 is 0. The number of hydrogen-bond acceptors (Lipinski definition) is 10. The van der Waals surface area contributed by atoms with Crippen molar-refractivity contribution in [2.45, 2.75) is 70.1 Å². The molecule has 164 valence electrons. The lowest BCUT2D eigenvalue weighted by molar-refractivity contribution is -0.156. The molecular formula is C18H34N2O8. The average Bonchev–Trinajstić information content (AvgIpc) is 3.51. The number of aliphatic hydroxyl groups excluding tert-OH is 4. The molecule has 10 nitrogen and oxygen atoms in total. The molecule has 0 aromatic heterocycles. The number of carbonyl (C=O) groups excluding carboxylic acids is 2. The third-order valence-corrected chi connectivity index (χ3v) is 4.93. The second kappa shape index (κ2) is 10.5. The molecule has 0 aromatic rings. The second-order valence-corrected chi connectivity index (χ2v) is 7.74. The van der Waals surface area contributed by atoms with Crippen molar-refractivity contribution in [1.29, 1.82) is 0 Å². The zero-order chi connectivity index (χ0) is 21.6. The fourth-order valence-electron chi connectivity index (χ4n) is 2.72. The first kappa shape index (κ1) is 24.7. The molecule has 8 atom stereocenters. The molecule has 0 aromatic carbocycles. The van der Waals surface area contributed by atoms with E-state index in [1.54, 1.807) is 6.92 Å². The van der Waals surface area contributed by atoms with Crippen molar-refractivity contribution >= 4 is 11.9 Å². The number of hydrogen-bond donors (Lipinski definition) is 5. The van der Waals surface area contributed by atoms with E-state index in [0.717, 1.165) is 13.0 Å². The standard InChI is InChI=1S/C10H19NO5.C8H15NO3/c1-6-3-11(6)9(7(2)13)10(15)16-5-8(14)4-12;1-5-3-8(5,4-10)12-7(11)6(2)9/h6-9,12-14H,3-5H2,1-2H3;5-6,10H,3-4,9H2,1-2H3/t6?,7-,8?,9+,11?;5?,6-,8?/m10/s1. The number of esters is 2. The Bertz CT molecular complexity index is 526. The van der Waals surface area contributed by atoms with Gasteiger partial charge in [-0.2, -0.15) is 0 Å². The Morgan fingerprint density at radius 1 is 1.21 bits per heavy atom. The molecule has 1 heterocycles. The minimum absolute atomic E-state index is 0.105. The summed E-state index contributed by atoms with van der Waals surface area (Å²) < 4.78 is 9.88. The molecule has 2 fully saturated rings. The van der Waals surface area contributed by atoms with Crippen LogP contribution >= 0.6 is 0 Å². The van der Waals surface area contributed by atoms with Crippen molar-refractivity contribution < 1.29 is 39.5 Å². The zero-order valence-corrected chi connectivity index (χ0v) is 16.9. The molecule has 1 aliphatic heterocycles. The third kappa shape index (κ3) is 6.94. The van der Waals surface area contributed by atoms with E-state index in [2.05, 4.69) is 0 Å². The predicted octanol–water partition coefficient (Wildman–Crippen LogP) is -2.02. The van der Waals surface area contributed by atoms with E-state index in [9.17, 15) is 14.7 Å². The highest BCUT2D eigenvalue weighted by molar-refractivity contribution is 5.77. The average molecular weight is 406 g/mol. The summed E-state index contributed by atoms with van der Waals surface area (Å²) in [5.41, 5.74) is 4.69. The molecule has 1 saturated heterocycles. The van der Waals surface area contributed by atoms with Crippen LogP contribution < -0.4 is 5.73 Å². The van der Waals surface area contributed by atoms with E-state index in [1.807, 2.05) is 18.7 Å². The smallest absolute Gasteiger partial charge is 0.326 e. The van der Waals surface area contributed by atoms with Gasteiger partial charge in [-0.25, -0.2) is 0 Å². The topological polar surface area (TPSA) is 163 Å². The van der Waals surface area contributed by atoms with Crippen LogP contribution in [-0.2, 0) is 19.1 Å². The second-order valence-electron chi connectivity index (χ2n) is 7.74. The van der Waals surface area contributed by atoms with Crippen molar-refractivity contribution in [2.24, 2.45) is 11.7 Å². The van der Waals surface area contributed by atoms with E-state index >= 15 is 0 Å². The first-order valence-corrected chi connectivity index (χ1v) is 9.47. The lowest BCUT2D eigenvalue weighted by atomic mass is 10.2. The lowest BCUT2D eigenvalue weighted by Gasteiger charge is -2.20. The van der Waals surface area contributed by atoms with Crippen molar-refractivity contribution in [3.05, 3.63) is 0 Å². The van der Waals surface area contributed by atoms with Crippen LogP contribution in [0.4, 0.5) is 0 Å². The maximum Gasteiger partial charge on any atom is 0.326 e. The normalized spacial score (nSPS) is 32.1. The number of aliphatic hydroxyl groups is 4. The molecule has 1 aliphatic carbocycles. The molecule has 0 spiro atoms. The van der Waals surface area contributed by atoms with Gasteiger partial charge in [0.1, 0.15) is 30.4 Å². The van der Waals surface area contributed by atoms with Crippen molar-refractivity contribution in [2.75, 3.05) is 26.4 Å². The van der Waals surface area contributed by atoms with Gasteiger partial charge in [0.25, 0.3) is 0 Å². The van der Waals surface area contributed by atoms with Gasteiger partial charge < -0.3 is 35.6 Å². The largest absolute Gasteiger partial charge is 0.462 e. The third-order valence-electron chi connectivity index (χ3n) is 4.93. The molecule has 1 saturated carbocycles. The van der Waals surface area contributed by atoms with Gasteiger partial charge in [0, 0.05) is 18.5 Å². The Morgan fingerprint density at radius 3 is 2.07 bits per heavy atom. The summed E-state index contributed by atoms with van der Waals surface area (Å²) in [6, 6.07) is -1.02. The number of ether oxygens (including phenoxy) is 2. The van der Waals surface area contributed by atoms with Crippen LogP contribution in [0.1, 0.15) is 34.1 Å². The summed E-state index contributed by atoms with van der Waals surface area (Å²) in [5.74, 6) is -0.745. The molecule has 0 amide bonds. The number of carbonyl (C=O) groups is 2. The Morgan fingerprint density at radius 2 is 1.75 bits per heavy atom. The van der Waals surface area contributed by atoms with Gasteiger partial charge in [-0.05, 0) is 27.2 Å². The molecule has 28 heavy (non-hydrogen) atoms. The fraction of sp³-hybridized carbons (Fsp3) is 0.889. The Kier molecular flexibility index (Phi) is 9.25. The monoisotopic (exact) mass is 406 g/mol. The summed E-state index contributed by atoms with van der Waals surface area (Å²) in [4.78, 5) is 24.5. The summed E-state index contributed by atoms with van der Waals surface area (Å²) in [5, 5.41) is 36.0. The molecule has 2 aliphatic rings. The summed E-state index contributed by atoms with van der Waals surface area (Å²) in [6.07, 6.45) is -1.14. The summed E-state index contributed by atoms with van der Waals surface area (Å²) in [7, 11) is 0. The van der Waals surface area contributed by atoms with Gasteiger partial charge in [0.2, 0.25) is 0 Å². The van der Waals surface area contributed by atoms with Crippen molar-refractivity contribution in [1.82, 2.24) is 4.90 Å². The van der Waals surface area contributed by atoms with Crippen LogP contribution in [0.25, 0.3) is 0 Å². The first-order valence-electron chi connectivity index (χ1n) is 9.47. The summed E-state index contributed by atoms with van der Waals surface area (Å²) in [6.45, 7) is 6.93.